The Morgan fingerprint density at radius 2 is 1.70 bits per heavy atom. The van der Waals surface area contributed by atoms with Gasteiger partial charge in [-0.1, -0.05) is 18.2 Å². The minimum absolute atomic E-state index is 0.0792. The summed E-state index contributed by atoms with van der Waals surface area (Å²) in [5.74, 6) is 0. The number of carbonyl (C=O) groups excluding carboxylic acids is 1. The SMILES string of the molecule is CC(C)(C)OC(=O)N1C2CCCC1CC(O)(c1ccccc1C(F)(F)F)C2. The lowest BCUT2D eigenvalue weighted by atomic mass is 9.71. The van der Waals surface area contributed by atoms with Crippen molar-refractivity contribution < 1.29 is 27.8 Å². The van der Waals surface area contributed by atoms with Crippen LogP contribution in [0.3, 0.4) is 0 Å². The largest absolute Gasteiger partial charge is 0.444 e. The molecule has 3 rings (SSSR count). The number of halogens is 3. The second-order valence-corrected chi connectivity index (χ2v) is 8.61. The summed E-state index contributed by atoms with van der Waals surface area (Å²) in [6.45, 7) is 5.33. The lowest BCUT2D eigenvalue weighted by Gasteiger charge is -2.52. The van der Waals surface area contributed by atoms with Crippen molar-refractivity contribution in [2.45, 2.75) is 82.3 Å². The topological polar surface area (TPSA) is 49.8 Å². The fourth-order valence-corrected chi connectivity index (χ4v) is 4.40. The third kappa shape index (κ3) is 4.08. The molecule has 1 aromatic rings. The van der Waals surface area contributed by atoms with Gasteiger partial charge in [-0.2, -0.15) is 13.2 Å². The maximum atomic E-state index is 13.5. The average molecular weight is 385 g/mol. The Kier molecular flexibility index (Phi) is 4.95. The molecule has 4 nitrogen and oxygen atoms in total. The minimum Gasteiger partial charge on any atom is -0.444 e. The predicted molar refractivity (Wildman–Crippen MR) is 94.1 cm³/mol. The van der Waals surface area contributed by atoms with Gasteiger partial charge in [-0.15, -0.1) is 0 Å². The maximum absolute atomic E-state index is 13.5. The summed E-state index contributed by atoms with van der Waals surface area (Å²) >= 11 is 0. The molecule has 1 amide bonds. The quantitative estimate of drug-likeness (QED) is 0.752. The zero-order chi connectivity index (χ0) is 20.0. The summed E-state index contributed by atoms with van der Waals surface area (Å²) in [6, 6.07) is 4.52. The van der Waals surface area contributed by atoms with E-state index in [1.165, 1.54) is 18.2 Å². The van der Waals surface area contributed by atoms with E-state index in [4.69, 9.17) is 4.74 Å². The van der Waals surface area contributed by atoms with E-state index < -0.39 is 29.0 Å². The number of hydrogen-bond acceptors (Lipinski definition) is 3. The number of nitrogens with zero attached hydrogens (tertiary/aromatic N) is 1. The Hall–Kier alpha value is -1.76. The first-order valence-electron chi connectivity index (χ1n) is 9.31. The highest BCUT2D eigenvalue weighted by Gasteiger charge is 2.51. The van der Waals surface area contributed by atoms with Crippen molar-refractivity contribution in [3.8, 4) is 0 Å². The fraction of sp³-hybridized carbons (Fsp3) is 0.650. The molecule has 0 spiro atoms. The van der Waals surface area contributed by atoms with Crippen LogP contribution in [0.15, 0.2) is 24.3 Å². The average Bonchev–Trinajstić information content (AvgIpc) is 2.51. The molecular weight excluding hydrogens is 359 g/mol. The summed E-state index contributed by atoms with van der Waals surface area (Å²) in [7, 11) is 0. The molecule has 2 saturated heterocycles. The van der Waals surface area contributed by atoms with Crippen LogP contribution in [0.5, 0.6) is 0 Å². The Morgan fingerprint density at radius 1 is 1.15 bits per heavy atom. The van der Waals surface area contributed by atoms with Crippen molar-refractivity contribution in [1.29, 1.82) is 0 Å². The van der Waals surface area contributed by atoms with E-state index in [0.29, 0.717) is 12.8 Å². The number of amides is 1. The normalized spacial score (nSPS) is 28.8. The van der Waals surface area contributed by atoms with Crippen LogP contribution in [0.4, 0.5) is 18.0 Å². The molecule has 0 aliphatic carbocycles. The zero-order valence-electron chi connectivity index (χ0n) is 15.8. The van der Waals surface area contributed by atoms with Gasteiger partial charge in [0.1, 0.15) is 5.60 Å². The fourth-order valence-electron chi connectivity index (χ4n) is 4.40. The Balaban J connectivity index is 1.92. The summed E-state index contributed by atoms with van der Waals surface area (Å²) in [4.78, 5) is 14.3. The summed E-state index contributed by atoms with van der Waals surface area (Å²) in [5.41, 5.74) is -3.17. The molecular formula is C20H26F3NO3. The summed E-state index contributed by atoms with van der Waals surface area (Å²) < 4.78 is 45.9. The zero-order valence-corrected chi connectivity index (χ0v) is 15.8. The first kappa shape index (κ1) is 20.0. The monoisotopic (exact) mass is 385 g/mol. The predicted octanol–water partition coefficient (Wildman–Crippen LogP) is 4.85. The Labute approximate surface area is 157 Å². The third-order valence-electron chi connectivity index (χ3n) is 5.35. The van der Waals surface area contributed by atoms with Crippen LogP contribution in [0, 0.1) is 0 Å². The molecule has 2 bridgehead atoms. The number of carbonyl (C=O) groups is 1. The van der Waals surface area contributed by atoms with E-state index in [2.05, 4.69) is 0 Å². The molecule has 1 N–H and O–H groups in total. The van der Waals surface area contributed by atoms with Gasteiger partial charge in [0.2, 0.25) is 0 Å². The number of rotatable bonds is 1. The van der Waals surface area contributed by atoms with Gasteiger partial charge in [0.25, 0.3) is 0 Å². The maximum Gasteiger partial charge on any atom is 0.416 e. The van der Waals surface area contributed by atoms with E-state index in [0.717, 1.165) is 12.5 Å². The van der Waals surface area contributed by atoms with Crippen molar-refractivity contribution in [2.75, 3.05) is 0 Å². The van der Waals surface area contributed by atoms with E-state index in [-0.39, 0.29) is 30.5 Å². The molecule has 150 valence electrons. The van der Waals surface area contributed by atoms with Crippen LogP contribution in [0.1, 0.15) is 64.0 Å². The second kappa shape index (κ2) is 6.69. The number of aliphatic hydroxyl groups is 1. The molecule has 1 aromatic carbocycles. The van der Waals surface area contributed by atoms with Gasteiger partial charge in [-0.25, -0.2) is 4.79 Å². The molecule has 2 atom stereocenters. The summed E-state index contributed by atoms with van der Waals surface area (Å²) in [5, 5.41) is 11.2. The number of fused-ring (bicyclic) bond motifs is 2. The first-order chi connectivity index (χ1) is 12.4. The molecule has 0 radical (unpaired) electrons. The molecule has 2 unspecified atom stereocenters. The van der Waals surface area contributed by atoms with Gasteiger partial charge >= 0.3 is 12.3 Å². The number of hydrogen-bond donors (Lipinski definition) is 1. The molecule has 0 saturated carbocycles. The number of benzene rings is 1. The van der Waals surface area contributed by atoms with Crippen LogP contribution in [-0.4, -0.2) is 33.8 Å². The van der Waals surface area contributed by atoms with Gasteiger partial charge in [-0.05, 0) is 51.7 Å². The van der Waals surface area contributed by atoms with E-state index in [1.807, 2.05) is 0 Å². The third-order valence-corrected chi connectivity index (χ3v) is 5.35. The number of alkyl halides is 3. The van der Waals surface area contributed by atoms with E-state index >= 15 is 0 Å². The van der Waals surface area contributed by atoms with Gasteiger partial charge in [0.05, 0.1) is 11.2 Å². The highest BCUT2D eigenvalue weighted by molar-refractivity contribution is 5.69. The molecule has 2 aliphatic rings. The molecule has 2 heterocycles. The minimum atomic E-state index is -4.54. The van der Waals surface area contributed by atoms with Crippen molar-refractivity contribution in [2.24, 2.45) is 0 Å². The van der Waals surface area contributed by atoms with Crippen LogP contribution >= 0.6 is 0 Å². The van der Waals surface area contributed by atoms with Crippen molar-refractivity contribution in [3.05, 3.63) is 35.4 Å². The van der Waals surface area contributed by atoms with Gasteiger partial charge in [0.15, 0.2) is 0 Å². The number of piperidine rings is 2. The lowest BCUT2D eigenvalue weighted by Crippen LogP contribution is -2.59. The highest BCUT2D eigenvalue weighted by atomic mass is 19.4. The number of ether oxygens (including phenoxy) is 1. The Morgan fingerprint density at radius 3 is 2.22 bits per heavy atom. The van der Waals surface area contributed by atoms with Crippen molar-refractivity contribution >= 4 is 6.09 Å². The molecule has 0 aromatic heterocycles. The summed E-state index contributed by atoms with van der Waals surface area (Å²) in [6.07, 6.45) is -2.66. The van der Waals surface area contributed by atoms with Crippen LogP contribution in [0.25, 0.3) is 0 Å². The Bertz CT molecular complexity index is 697. The lowest BCUT2D eigenvalue weighted by molar-refractivity contribution is -0.145. The van der Waals surface area contributed by atoms with E-state index in [1.54, 1.807) is 25.7 Å². The van der Waals surface area contributed by atoms with Gasteiger partial charge in [-0.3, -0.25) is 0 Å². The molecule has 2 aliphatic heterocycles. The molecule has 27 heavy (non-hydrogen) atoms. The molecule has 7 heteroatoms. The van der Waals surface area contributed by atoms with E-state index in [9.17, 15) is 23.1 Å². The standard InChI is InChI=1S/C20H26F3NO3/c1-18(2,3)27-17(25)24-13-7-6-8-14(24)12-19(26,11-13)15-9-4-5-10-16(15)20(21,22)23/h4-5,9-10,13-14,26H,6-8,11-12H2,1-3H3. The smallest absolute Gasteiger partial charge is 0.416 e. The highest BCUT2D eigenvalue weighted by Crippen LogP contribution is 2.47. The second-order valence-electron chi connectivity index (χ2n) is 8.61. The van der Waals surface area contributed by atoms with Gasteiger partial charge < -0.3 is 14.7 Å². The van der Waals surface area contributed by atoms with Crippen molar-refractivity contribution in [1.82, 2.24) is 4.90 Å². The van der Waals surface area contributed by atoms with Crippen LogP contribution < -0.4 is 0 Å². The van der Waals surface area contributed by atoms with Crippen LogP contribution in [-0.2, 0) is 16.5 Å². The van der Waals surface area contributed by atoms with Gasteiger partial charge in [0, 0.05) is 24.9 Å². The first-order valence-corrected chi connectivity index (χ1v) is 9.31. The van der Waals surface area contributed by atoms with Crippen LogP contribution in [0.2, 0.25) is 0 Å². The molecule has 2 fully saturated rings. The van der Waals surface area contributed by atoms with Crippen molar-refractivity contribution in [3.63, 3.8) is 0 Å².